The van der Waals surface area contributed by atoms with Crippen LogP contribution in [0.1, 0.15) is 17.5 Å². The van der Waals surface area contributed by atoms with Gasteiger partial charge in [0.05, 0.1) is 4.90 Å². The first kappa shape index (κ1) is 11.6. The molecule has 0 atom stereocenters. The second kappa shape index (κ2) is 4.53. The lowest BCUT2D eigenvalue weighted by Gasteiger charge is -2.07. The Morgan fingerprint density at radius 3 is 2.75 bits per heavy atom. The fraction of sp³-hybridized carbons (Fsp3) is 0.455. The standard InChI is InChI=1S/C11H16N2O2S/c12-6-7-13-16(14,15)11-5-4-9-2-1-3-10(9)8-11/h4-5,8,13H,1-3,6-7,12H2. The fourth-order valence-electron chi connectivity index (χ4n) is 1.99. The van der Waals surface area contributed by atoms with E-state index in [-0.39, 0.29) is 6.54 Å². The second-order valence-corrected chi connectivity index (χ2v) is 5.74. The van der Waals surface area contributed by atoms with Gasteiger partial charge >= 0.3 is 0 Å². The van der Waals surface area contributed by atoms with Gasteiger partial charge in [-0.05, 0) is 42.5 Å². The van der Waals surface area contributed by atoms with Gasteiger partial charge in [0.2, 0.25) is 10.0 Å². The molecule has 16 heavy (non-hydrogen) atoms. The smallest absolute Gasteiger partial charge is 0.240 e. The topological polar surface area (TPSA) is 72.2 Å². The van der Waals surface area contributed by atoms with E-state index in [4.69, 9.17) is 5.73 Å². The maximum atomic E-state index is 11.8. The van der Waals surface area contributed by atoms with E-state index in [9.17, 15) is 8.42 Å². The lowest BCUT2D eigenvalue weighted by molar-refractivity contribution is 0.582. The predicted octanol–water partition coefficient (Wildman–Crippen LogP) is 0.412. The minimum atomic E-state index is -3.37. The summed E-state index contributed by atoms with van der Waals surface area (Å²) in [7, 11) is -3.37. The Kier molecular flexibility index (Phi) is 3.28. The summed E-state index contributed by atoms with van der Waals surface area (Å²) in [6, 6.07) is 5.36. The first-order valence-corrected chi connectivity index (χ1v) is 6.93. The zero-order chi connectivity index (χ0) is 11.6. The number of nitrogens with two attached hydrogens (primary N) is 1. The van der Waals surface area contributed by atoms with Gasteiger partial charge in [0, 0.05) is 13.1 Å². The number of sulfonamides is 1. The van der Waals surface area contributed by atoms with Crippen LogP contribution in [0.2, 0.25) is 0 Å². The van der Waals surface area contributed by atoms with E-state index < -0.39 is 10.0 Å². The van der Waals surface area contributed by atoms with Crippen molar-refractivity contribution in [2.24, 2.45) is 5.73 Å². The SMILES string of the molecule is NCCNS(=O)(=O)c1ccc2c(c1)CCC2. The molecule has 0 radical (unpaired) electrons. The van der Waals surface area contributed by atoms with E-state index >= 15 is 0 Å². The molecule has 2 rings (SSSR count). The van der Waals surface area contributed by atoms with Gasteiger partial charge in [0.15, 0.2) is 0 Å². The first-order valence-electron chi connectivity index (χ1n) is 5.45. The molecule has 5 heteroatoms. The van der Waals surface area contributed by atoms with E-state index in [1.165, 1.54) is 5.56 Å². The van der Waals surface area contributed by atoms with E-state index in [1.807, 2.05) is 6.07 Å². The number of hydrogen-bond donors (Lipinski definition) is 2. The normalized spacial score (nSPS) is 15.1. The van der Waals surface area contributed by atoms with Crippen molar-refractivity contribution in [3.05, 3.63) is 29.3 Å². The van der Waals surface area contributed by atoms with Crippen LogP contribution in [0.4, 0.5) is 0 Å². The summed E-state index contributed by atoms with van der Waals surface area (Å²) in [6.07, 6.45) is 3.16. The van der Waals surface area contributed by atoms with Crippen LogP contribution >= 0.6 is 0 Å². The number of rotatable bonds is 4. The maximum absolute atomic E-state index is 11.8. The fourth-order valence-corrected chi connectivity index (χ4v) is 3.09. The van der Waals surface area contributed by atoms with Crippen LogP contribution in [0.25, 0.3) is 0 Å². The Hall–Kier alpha value is -0.910. The molecule has 0 aromatic heterocycles. The van der Waals surface area contributed by atoms with E-state index in [2.05, 4.69) is 4.72 Å². The van der Waals surface area contributed by atoms with Crippen LogP contribution in [0.3, 0.4) is 0 Å². The van der Waals surface area contributed by atoms with Crippen molar-refractivity contribution in [3.8, 4) is 0 Å². The summed E-state index contributed by atoms with van der Waals surface area (Å²) in [5.41, 5.74) is 7.72. The van der Waals surface area contributed by atoms with Gasteiger partial charge in [-0.25, -0.2) is 13.1 Å². The summed E-state index contributed by atoms with van der Waals surface area (Å²) in [6.45, 7) is 0.587. The zero-order valence-corrected chi connectivity index (χ0v) is 9.89. The highest BCUT2D eigenvalue weighted by Gasteiger charge is 2.17. The molecule has 0 amide bonds. The average Bonchev–Trinajstić information content (AvgIpc) is 2.73. The van der Waals surface area contributed by atoms with Gasteiger partial charge in [0.25, 0.3) is 0 Å². The minimum absolute atomic E-state index is 0.277. The maximum Gasteiger partial charge on any atom is 0.240 e. The first-order chi connectivity index (χ1) is 7.63. The third kappa shape index (κ3) is 2.26. The lowest BCUT2D eigenvalue weighted by atomic mass is 10.1. The van der Waals surface area contributed by atoms with Crippen LogP contribution in [-0.4, -0.2) is 21.5 Å². The number of benzene rings is 1. The zero-order valence-electron chi connectivity index (χ0n) is 9.07. The average molecular weight is 240 g/mol. The summed E-state index contributed by atoms with van der Waals surface area (Å²) in [5.74, 6) is 0. The van der Waals surface area contributed by atoms with Crippen molar-refractivity contribution in [1.82, 2.24) is 4.72 Å². The molecule has 88 valence electrons. The Morgan fingerprint density at radius 1 is 1.25 bits per heavy atom. The van der Waals surface area contributed by atoms with Crippen molar-refractivity contribution in [2.75, 3.05) is 13.1 Å². The van der Waals surface area contributed by atoms with Crippen LogP contribution in [0, 0.1) is 0 Å². The van der Waals surface area contributed by atoms with Gasteiger partial charge in [-0.3, -0.25) is 0 Å². The summed E-state index contributed by atoms with van der Waals surface area (Å²) >= 11 is 0. The predicted molar refractivity (Wildman–Crippen MR) is 62.7 cm³/mol. The number of aryl methyl sites for hydroxylation is 2. The monoisotopic (exact) mass is 240 g/mol. The number of nitrogens with one attached hydrogen (secondary N) is 1. The molecule has 0 bridgehead atoms. The van der Waals surface area contributed by atoms with Gasteiger partial charge in [-0.1, -0.05) is 6.07 Å². The Bertz CT molecular complexity index is 483. The lowest BCUT2D eigenvalue weighted by Crippen LogP contribution is -2.29. The molecule has 4 nitrogen and oxygen atoms in total. The molecule has 0 saturated carbocycles. The van der Waals surface area contributed by atoms with E-state index in [1.54, 1.807) is 12.1 Å². The molecule has 1 aliphatic rings. The van der Waals surface area contributed by atoms with Crippen LogP contribution in [0.5, 0.6) is 0 Å². The van der Waals surface area contributed by atoms with Crippen molar-refractivity contribution < 1.29 is 8.42 Å². The number of fused-ring (bicyclic) bond motifs is 1. The molecular weight excluding hydrogens is 224 g/mol. The van der Waals surface area contributed by atoms with E-state index in [0.717, 1.165) is 24.8 Å². The molecule has 1 aromatic carbocycles. The molecule has 0 aliphatic heterocycles. The summed E-state index contributed by atoms with van der Waals surface area (Å²) < 4.78 is 26.1. The molecule has 0 heterocycles. The van der Waals surface area contributed by atoms with Crippen molar-refractivity contribution in [2.45, 2.75) is 24.2 Å². The molecule has 0 fully saturated rings. The molecular formula is C11H16N2O2S. The molecule has 0 unspecified atom stereocenters. The van der Waals surface area contributed by atoms with Crippen LogP contribution in [-0.2, 0) is 22.9 Å². The Labute approximate surface area is 95.9 Å². The van der Waals surface area contributed by atoms with Gasteiger partial charge in [-0.2, -0.15) is 0 Å². The summed E-state index contributed by atoms with van der Waals surface area (Å²) in [5, 5.41) is 0. The van der Waals surface area contributed by atoms with Crippen molar-refractivity contribution >= 4 is 10.0 Å². The number of hydrogen-bond acceptors (Lipinski definition) is 3. The van der Waals surface area contributed by atoms with Crippen LogP contribution in [0.15, 0.2) is 23.1 Å². The second-order valence-electron chi connectivity index (χ2n) is 3.97. The highest BCUT2D eigenvalue weighted by Crippen LogP contribution is 2.24. The Morgan fingerprint density at radius 2 is 2.00 bits per heavy atom. The van der Waals surface area contributed by atoms with Crippen LogP contribution < -0.4 is 10.5 Å². The molecule has 3 N–H and O–H groups in total. The van der Waals surface area contributed by atoms with Gasteiger partial charge in [-0.15, -0.1) is 0 Å². The minimum Gasteiger partial charge on any atom is -0.329 e. The van der Waals surface area contributed by atoms with E-state index in [0.29, 0.717) is 11.4 Å². The van der Waals surface area contributed by atoms with Gasteiger partial charge < -0.3 is 5.73 Å². The van der Waals surface area contributed by atoms with Crippen molar-refractivity contribution in [3.63, 3.8) is 0 Å². The third-order valence-corrected chi connectivity index (χ3v) is 4.28. The molecule has 0 spiro atoms. The highest BCUT2D eigenvalue weighted by atomic mass is 32.2. The largest absolute Gasteiger partial charge is 0.329 e. The molecule has 1 aromatic rings. The molecule has 0 saturated heterocycles. The third-order valence-electron chi connectivity index (χ3n) is 2.82. The molecule has 1 aliphatic carbocycles. The van der Waals surface area contributed by atoms with Gasteiger partial charge in [0.1, 0.15) is 0 Å². The Balaban J connectivity index is 2.27. The van der Waals surface area contributed by atoms with Crippen molar-refractivity contribution in [1.29, 1.82) is 0 Å². The highest BCUT2D eigenvalue weighted by molar-refractivity contribution is 7.89. The quantitative estimate of drug-likeness (QED) is 0.800. The summed E-state index contributed by atoms with van der Waals surface area (Å²) in [4.78, 5) is 0.349.